The molecule has 0 aliphatic carbocycles. The number of likely N-dealkylation sites (N-methyl/N-ethyl adjacent to an activating group) is 1. The maximum Gasteiger partial charge on any atom is 0.325 e. The molecule has 0 saturated carbocycles. The maximum absolute atomic E-state index is 11.9. The largest absolute Gasteiger partial charge is 0.468 e. The van der Waals surface area contributed by atoms with Crippen LogP contribution in [-0.4, -0.2) is 40.4 Å². The third-order valence-electron chi connectivity index (χ3n) is 2.76. The summed E-state index contributed by atoms with van der Waals surface area (Å²) >= 11 is 1.60. The van der Waals surface area contributed by atoms with Crippen LogP contribution in [0.2, 0.25) is 0 Å². The van der Waals surface area contributed by atoms with Crippen molar-refractivity contribution in [3.05, 3.63) is 18.6 Å². The van der Waals surface area contributed by atoms with E-state index in [2.05, 4.69) is 22.2 Å². The molecule has 106 valence electrons. The SMILES string of the molecule is CCNC(C)(CC(C)Sc1cnccn1)C(=O)OC. The minimum absolute atomic E-state index is 0.222. The van der Waals surface area contributed by atoms with Gasteiger partial charge in [0.25, 0.3) is 0 Å². The zero-order chi connectivity index (χ0) is 14.3. The standard InChI is InChI=1S/C13H21N3O2S/c1-5-16-13(3,12(17)18-4)8-10(2)19-11-9-14-6-7-15-11/h6-7,9-10,16H,5,8H2,1-4H3. The number of esters is 1. The van der Waals surface area contributed by atoms with Gasteiger partial charge < -0.3 is 10.1 Å². The average Bonchev–Trinajstić information content (AvgIpc) is 2.38. The Bertz CT molecular complexity index is 402. The van der Waals surface area contributed by atoms with Crippen molar-refractivity contribution in [3.63, 3.8) is 0 Å². The van der Waals surface area contributed by atoms with Crippen molar-refractivity contribution >= 4 is 17.7 Å². The molecule has 5 nitrogen and oxygen atoms in total. The molecular formula is C13H21N3O2S. The summed E-state index contributed by atoms with van der Waals surface area (Å²) in [5, 5.41) is 4.28. The Morgan fingerprint density at radius 1 is 1.58 bits per heavy atom. The lowest BCUT2D eigenvalue weighted by Crippen LogP contribution is -2.51. The lowest BCUT2D eigenvalue weighted by atomic mass is 9.96. The third-order valence-corrected chi connectivity index (χ3v) is 3.78. The highest BCUT2D eigenvalue weighted by Gasteiger charge is 2.35. The van der Waals surface area contributed by atoms with Crippen LogP contribution in [0.15, 0.2) is 23.6 Å². The van der Waals surface area contributed by atoms with Crippen molar-refractivity contribution in [2.75, 3.05) is 13.7 Å². The van der Waals surface area contributed by atoms with Crippen molar-refractivity contribution in [1.29, 1.82) is 0 Å². The van der Waals surface area contributed by atoms with Crippen molar-refractivity contribution in [3.8, 4) is 0 Å². The molecule has 0 aliphatic heterocycles. The van der Waals surface area contributed by atoms with E-state index in [-0.39, 0.29) is 11.2 Å². The number of carbonyl (C=O) groups excluding carboxylic acids is 1. The predicted octanol–water partition coefficient (Wildman–Crippen LogP) is 1.89. The minimum Gasteiger partial charge on any atom is -0.468 e. The number of aromatic nitrogens is 2. The first kappa shape index (κ1) is 15.9. The number of ether oxygens (including phenoxy) is 1. The molecule has 0 aliphatic rings. The Balaban J connectivity index is 2.66. The van der Waals surface area contributed by atoms with Crippen LogP contribution in [0, 0.1) is 0 Å². The summed E-state index contributed by atoms with van der Waals surface area (Å²) in [6, 6.07) is 0. The molecule has 19 heavy (non-hydrogen) atoms. The third kappa shape index (κ3) is 4.80. The molecule has 2 unspecified atom stereocenters. The van der Waals surface area contributed by atoms with Crippen LogP contribution in [0.25, 0.3) is 0 Å². The van der Waals surface area contributed by atoms with Crippen molar-refractivity contribution < 1.29 is 9.53 Å². The number of hydrogen-bond donors (Lipinski definition) is 1. The summed E-state index contributed by atoms with van der Waals surface area (Å²) in [4.78, 5) is 20.1. The van der Waals surface area contributed by atoms with E-state index in [0.29, 0.717) is 13.0 Å². The van der Waals surface area contributed by atoms with Crippen LogP contribution in [0.5, 0.6) is 0 Å². The summed E-state index contributed by atoms with van der Waals surface area (Å²) in [6.07, 6.45) is 5.70. The number of hydrogen-bond acceptors (Lipinski definition) is 6. The van der Waals surface area contributed by atoms with E-state index in [0.717, 1.165) is 5.03 Å². The molecule has 1 rings (SSSR count). The van der Waals surface area contributed by atoms with Gasteiger partial charge >= 0.3 is 5.97 Å². The van der Waals surface area contributed by atoms with E-state index in [1.807, 2.05) is 13.8 Å². The molecule has 0 radical (unpaired) electrons. The molecule has 0 spiro atoms. The van der Waals surface area contributed by atoms with E-state index in [4.69, 9.17) is 4.74 Å². The first-order valence-corrected chi connectivity index (χ1v) is 7.16. The second-order valence-corrected chi connectivity index (χ2v) is 5.99. The molecule has 0 amide bonds. The summed E-state index contributed by atoms with van der Waals surface area (Å²) < 4.78 is 4.88. The Hall–Kier alpha value is -1.14. The van der Waals surface area contributed by atoms with Gasteiger partial charge in [0.15, 0.2) is 0 Å². The molecule has 0 aromatic carbocycles. The van der Waals surface area contributed by atoms with Gasteiger partial charge in [0.1, 0.15) is 10.6 Å². The van der Waals surface area contributed by atoms with E-state index in [9.17, 15) is 4.79 Å². The molecule has 1 N–H and O–H groups in total. The topological polar surface area (TPSA) is 64.1 Å². The number of rotatable bonds is 7. The van der Waals surface area contributed by atoms with Gasteiger partial charge in [0, 0.05) is 17.6 Å². The number of nitrogens with one attached hydrogen (secondary N) is 1. The molecule has 1 aromatic rings. The van der Waals surface area contributed by atoms with Crippen LogP contribution >= 0.6 is 11.8 Å². The maximum atomic E-state index is 11.9. The summed E-state index contributed by atoms with van der Waals surface area (Å²) in [5.41, 5.74) is -0.669. The van der Waals surface area contributed by atoms with Gasteiger partial charge in [-0.15, -0.1) is 11.8 Å². The number of carbonyl (C=O) groups is 1. The Kier molecular flexibility index (Phi) is 6.24. The minimum atomic E-state index is -0.669. The van der Waals surface area contributed by atoms with E-state index >= 15 is 0 Å². The second kappa shape index (κ2) is 7.45. The quantitative estimate of drug-likeness (QED) is 0.609. The summed E-state index contributed by atoms with van der Waals surface area (Å²) in [5.74, 6) is -0.235. The molecule has 0 fully saturated rings. The van der Waals surface area contributed by atoms with Crippen molar-refractivity contribution in [1.82, 2.24) is 15.3 Å². The smallest absolute Gasteiger partial charge is 0.325 e. The number of methoxy groups -OCH3 is 1. The molecule has 2 atom stereocenters. The molecule has 6 heteroatoms. The summed E-state index contributed by atoms with van der Waals surface area (Å²) in [6.45, 7) is 6.63. The monoisotopic (exact) mass is 283 g/mol. The second-order valence-electron chi connectivity index (χ2n) is 4.53. The average molecular weight is 283 g/mol. The van der Waals surface area contributed by atoms with Gasteiger partial charge in [-0.05, 0) is 19.9 Å². The van der Waals surface area contributed by atoms with Crippen molar-refractivity contribution in [2.24, 2.45) is 0 Å². The Morgan fingerprint density at radius 2 is 2.32 bits per heavy atom. The normalized spacial score (nSPS) is 15.6. The zero-order valence-electron chi connectivity index (χ0n) is 11.8. The van der Waals surface area contributed by atoms with E-state index < -0.39 is 5.54 Å². The molecule has 1 heterocycles. The highest BCUT2D eigenvalue weighted by atomic mass is 32.2. The Labute approximate surface area is 118 Å². The van der Waals surface area contributed by atoms with Crippen LogP contribution in [0.1, 0.15) is 27.2 Å². The van der Waals surface area contributed by atoms with Crippen molar-refractivity contribution in [2.45, 2.75) is 43.0 Å². The first-order chi connectivity index (χ1) is 9.01. The number of nitrogens with zero attached hydrogens (tertiary/aromatic N) is 2. The predicted molar refractivity (Wildman–Crippen MR) is 76.1 cm³/mol. The zero-order valence-corrected chi connectivity index (χ0v) is 12.7. The fraction of sp³-hybridized carbons (Fsp3) is 0.615. The summed E-state index contributed by atoms with van der Waals surface area (Å²) in [7, 11) is 1.42. The highest BCUT2D eigenvalue weighted by Crippen LogP contribution is 2.27. The number of thioether (sulfide) groups is 1. The van der Waals surface area contributed by atoms with Gasteiger partial charge in [-0.3, -0.25) is 9.78 Å². The van der Waals surface area contributed by atoms with Gasteiger partial charge in [0.05, 0.1) is 13.3 Å². The van der Waals surface area contributed by atoms with Gasteiger partial charge in [-0.2, -0.15) is 0 Å². The molecule has 0 bridgehead atoms. The lowest BCUT2D eigenvalue weighted by Gasteiger charge is -2.29. The van der Waals surface area contributed by atoms with Gasteiger partial charge in [-0.1, -0.05) is 13.8 Å². The van der Waals surface area contributed by atoms with Crippen LogP contribution in [0.3, 0.4) is 0 Å². The molecular weight excluding hydrogens is 262 g/mol. The fourth-order valence-corrected chi connectivity index (χ4v) is 3.08. The van der Waals surface area contributed by atoms with Crippen LogP contribution in [-0.2, 0) is 9.53 Å². The fourth-order valence-electron chi connectivity index (χ4n) is 2.01. The Morgan fingerprint density at radius 3 is 2.84 bits per heavy atom. The lowest BCUT2D eigenvalue weighted by molar-refractivity contribution is -0.148. The van der Waals surface area contributed by atoms with Gasteiger partial charge in [0.2, 0.25) is 0 Å². The molecule has 0 saturated heterocycles. The highest BCUT2D eigenvalue weighted by molar-refractivity contribution is 7.99. The molecule has 1 aromatic heterocycles. The first-order valence-electron chi connectivity index (χ1n) is 6.28. The van der Waals surface area contributed by atoms with Crippen LogP contribution < -0.4 is 5.32 Å². The van der Waals surface area contributed by atoms with E-state index in [1.165, 1.54) is 7.11 Å². The van der Waals surface area contributed by atoms with E-state index in [1.54, 1.807) is 30.4 Å². The van der Waals surface area contributed by atoms with Crippen LogP contribution in [0.4, 0.5) is 0 Å². The van der Waals surface area contributed by atoms with Gasteiger partial charge in [-0.25, -0.2) is 4.98 Å².